The van der Waals surface area contributed by atoms with Crippen molar-refractivity contribution < 1.29 is 19.4 Å². The zero-order valence-electron chi connectivity index (χ0n) is 19.4. The summed E-state index contributed by atoms with van der Waals surface area (Å²) in [4.78, 5) is 34.1. The van der Waals surface area contributed by atoms with Gasteiger partial charge in [0, 0.05) is 28.7 Å². The molecule has 0 saturated heterocycles. The standard InChI is InChI=1S/C24H24N6O4S2/c1-13(31)11-26-23(33)30-24-29-20(25)19(36-24)22-28-18(12-35-22)14-5-3-7-16(9-14)27-21(32)15-6-4-8-17(10-15)34-2/h3-10,12-13,31H,11,25H2,1-2H3,(H,27,32)(H2,26,29,30,33). The summed E-state index contributed by atoms with van der Waals surface area (Å²) in [6.45, 7) is 1.69. The molecule has 2 heterocycles. The number of nitrogen functional groups attached to an aromatic ring is 1. The first-order valence-corrected chi connectivity index (χ1v) is 12.5. The van der Waals surface area contributed by atoms with Crippen LogP contribution in [0, 0.1) is 0 Å². The highest BCUT2D eigenvalue weighted by molar-refractivity contribution is 7.23. The first kappa shape index (κ1) is 25.1. The molecule has 3 amide bonds. The Morgan fingerprint density at radius 2 is 1.94 bits per heavy atom. The second-order valence-electron chi connectivity index (χ2n) is 7.72. The second-order valence-corrected chi connectivity index (χ2v) is 9.58. The van der Waals surface area contributed by atoms with E-state index in [0.29, 0.717) is 37.7 Å². The quantitative estimate of drug-likeness (QED) is 0.231. The van der Waals surface area contributed by atoms with Crippen molar-refractivity contribution in [2.45, 2.75) is 13.0 Å². The molecule has 4 rings (SSSR count). The van der Waals surface area contributed by atoms with Crippen molar-refractivity contribution in [1.29, 1.82) is 0 Å². The van der Waals surface area contributed by atoms with Crippen LogP contribution >= 0.6 is 22.7 Å². The molecule has 0 spiro atoms. The van der Waals surface area contributed by atoms with E-state index in [1.165, 1.54) is 22.7 Å². The number of rotatable bonds is 8. The summed E-state index contributed by atoms with van der Waals surface area (Å²) in [5, 5.41) is 20.2. The fourth-order valence-electron chi connectivity index (χ4n) is 3.15. The molecule has 0 fully saturated rings. The number of nitrogens with two attached hydrogens (primary N) is 1. The first-order valence-electron chi connectivity index (χ1n) is 10.8. The van der Waals surface area contributed by atoms with Gasteiger partial charge in [-0.05, 0) is 37.3 Å². The van der Waals surface area contributed by atoms with Crippen LogP contribution in [-0.4, -0.2) is 46.8 Å². The Balaban J connectivity index is 1.47. The van der Waals surface area contributed by atoms with Gasteiger partial charge in [0.1, 0.15) is 21.5 Å². The molecule has 2 aromatic heterocycles. The predicted molar refractivity (Wildman–Crippen MR) is 143 cm³/mol. The van der Waals surface area contributed by atoms with E-state index in [1.807, 2.05) is 23.6 Å². The minimum Gasteiger partial charge on any atom is -0.497 e. The van der Waals surface area contributed by atoms with E-state index in [1.54, 1.807) is 44.4 Å². The summed E-state index contributed by atoms with van der Waals surface area (Å²) in [6.07, 6.45) is -0.657. The molecule has 12 heteroatoms. The van der Waals surface area contributed by atoms with Crippen LogP contribution in [0.1, 0.15) is 17.3 Å². The van der Waals surface area contributed by atoms with Crippen molar-refractivity contribution >= 4 is 51.2 Å². The SMILES string of the molecule is COc1cccc(C(=O)Nc2cccc(-c3csc(-c4sc(NC(=O)NCC(C)O)nc4N)n3)c2)c1. The summed E-state index contributed by atoms with van der Waals surface area (Å²) in [5.74, 6) is 0.610. The maximum absolute atomic E-state index is 12.7. The van der Waals surface area contributed by atoms with Crippen LogP contribution in [-0.2, 0) is 0 Å². The molecular formula is C24H24N6O4S2. The Morgan fingerprint density at radius 1 is 1.14 bits per heavy atom. The van der Waals surface area contributed by atoms with Gasteiger partial charge >= 0.3 is 6.03 Å². The number of thiazole rings is 2. The number of hydrogen-bond acceptors (Lipinski definition) is 9. The average Bonchev–Trinajstić information content (AvgIpc) is 3.49. The van der Waals surface area contributed by atoms with Crippen molar-refractivity contribution in [2.75, 3.05) is 30.0 Å². The van der Waals surface area contributed by atoms with E-state index < -0.39 is 12.1 Å². The number of carbonyl (C=O) groups is 2. The van der Waals surface area contributed by atoms with Crippen LogP contribution in [0.3, 0.4) is 0 Å². The zero-order chi connectivity index (χ0) is 25.7. The van der Waals surface area contributed by atoms with Crippen molar-refractivity contribution in [1.82, 2.24) is 15.3 Å². The third-order valence-corrected chi connectivity index (χ3v) is 6.86. The monoisotopic (exact) mass is 524 g/mol. The Kier molecular flexibility index (Phi) is 7.78. The van der Waals surface area contributed by atoms with Gasteiger partial charge in [-0.1, -0.05) is 29.5 Å². The normalized spacial score (nSPS) is 11.5. The van der Waals surface area contributed by atoms with E-state index in [2.05, 4.69) is 25.9 Å². The molecule has 2 aromatic carbocycles. The summed E-state index contributed by atoms with van der Waals surface area (Å²) < 4.78 is 5.19. The molecule has 1 unspecified atom stereocenters. The van der Waals surface area contributed by atoms with Crippen molar-refractivity contribution in [3.05, 3.63) is 59.5 Å². The van der Waals surface area contributed by atoms with E-state index in [9.17, 15) is 14.7 Å². The minimum absolute atomic E-state index is 0.119. The largest absolute Gasteiger partial charge is 0.497 e. The number of hydrogen-bond donors (Lipinski definition) is 5. The molecule has 0 aliphatic heterocycles. The maximum Gasteiger partial charge on any atom is 0.321 e. The minimum atomic E-state index is -0.657. The summed E-state index contributed by atoms with van der Waals surface area (Å²) in [6, 6.07) is 13.8. The molecule has 0 saturated carbocycles. The van der Waals surface area contributed by atoms with Gasteiger partial charge in [-0.25, -0.2) is 14.8 Å². The van der Waals surface area contributed by atoms with E-state index in [0.717, 1.165) is 5.56 Å². The van der Waals surface area contributed by atoms with Gasteiger partial charge in [0.05, 0.1) is 18.9 Å². The van der Waals surface area contributed by atoms with Gasteiger partial charge in [0.15, 0.2) is 5.13 Å². The highest BCUT2D eigenvalue weighted by Crippen LogP contribution is 2.38. The molecule has 186 valence electrons. The Bertz CT molecular complexity index is 1380. The maximum atomic E-state index is 12.7. The number of nitrogens with zero attached hydrogens (tertiary/aromatic N) is 2. The van der Waals surface area contributed by atoms with Crippen LogP contribution in [0.15, 0.2) is 53.9 Å². The number of urea groups is 1. The zero-order valence-corrected chi connectivity index (χ0v) is 21.1. The number of anilines is 3. The Morgan fingerprint density at radius 3 is 2.72 bits per heavy atom. The molecule has 0 aliphatic carbocycles. The number of aliphatic hydroxyl groups is 1. The number of carbonyl (C=O) groups excluding carboxylic acids is 2. The van der Waals surface area contributed by atoms with E-state index in [-0.39, 0.29) is 18.3 Å². The van der Waals surface area contributed by atoms with Crippen molar-refractivity contribution in [3.8, 4) is 26.9 Å². The van der Waals surface area contributed by atoms with Gasteiger partial charge in [-0.2, -0.15) is 0 Å². The lowest BCUT2D eigenvalue weighted by molar-refractivity contribution is 0.102. The van der Waals surface area contributed by atoms with Gasteiger partial charge < -0.3 is 26.2 Å². The van der Waals surface area contributed by atoms with E-state index >= 15 is 0 Å². The van der Waals surface area contributed by atoms with E-state index in [4.69, 9.17) is 10.5 Å². The van der Waals surface area contributed by atoms with Crippen LogP contribution in [0.5, 0.6) is 5.75 Å². The fraction of sp³-hybridized carbons (Fsp3) is 0.167. The van der Waals surface area contributed by atoms with Crippen LogP contribution in [0.25, 0.3) is 21.1 Å². The van der Waals surface area contributed by atoms with Gasteiger partial charge in [-0.3, -0.25) is 10.1 Å². The lowest BCUT2D eigenvalue weighted by Crippen LogP contribution is -2.34. The van der Waals surface area contributed by atoms with Crippen LogP contribution in [0.2, 0.25) is 0 Å². The van der Waals surface area contributed by atoms with Gasteiger partial charge in [-0.15, -0.1) is 11.3 Å². The number of methoxy groups -OCH3 is 1. The number of amides is 3. The number of benzene rings is 2. The van der Waals surface area contributed by atoms with Crippen molar-refractivity contribution in [2.24, 2.45) is 0 Å². The molecule has 0 aliphatic rings. The molecule has 10 nitrogen and oxygen atoms in total. The predicted octanol–water partition coefficient (Wildman–Crippen LogP) is 4.28. The summed E-state index contributed by atoms with van der Waals surface area (Å²) in [5.41, 5.74) is 8.72. The molecular weight excluding hydrogens is 500 g/mol. The lowest BCUT2D eigenvalue weighted by atomic mass is 10.1. The molecule has 1 atom stereocenters. The number of aromatic nitrogens is 2. The number of aliphatic hydroxyl groups excluding tert-OH is 1. The summed E-state index contributed by atoms with van der Waals surface area (Å²) >= 11 is 2.60. The third kappa shape index (κ3) is 6.16. The molecule has 6 N–H and O–H groups in total. The molecule has 0 bridgehead atoms. The lowest BCUT2D eigenvalue weighted by Gasteiger charge is -2.08. The average molecular weight is 525 g/mol. The highest BCUT2D eigenvalue weighted by atomic mass is 32.1. The molecule has 4 aromatic rings. The van der Waals surface area contributed by atoms with Gasteiger partial charge in [0.2, 0.25) is 0 Å². The Hall–Kier alpha value is -4.00. The smallest absolute Gasteiger partial charge is 0.321 e. The second kappa shape index (κ2) is 11.2. The molecule has 36 heavy (non-hydrogen) atoms. The first-order chi connectivity index (χ1) is 17.3. The summed E-state index contributed by atoms with van der Waals surface area (Å²) in [7, 11) is 1.55. The number of nitrogens with one attached hydrogen (secondary N) is 3. The van der Waals surface area contributed by atoms with Crippen molar-refractivity contribution in [3.63, 3.8) is 0 Å². The topological polar surface area (TPSA) is 151 Å². The highest BCUT2D eigenvalue weighted by Gasteiger charge is 2.17. The van der Waals surface area contributed by atoms with Crippen LogP contribution in [0.4, 0.5) is 21.4 Å². The van der Waals surface area contributed by atoms with Crippen LogP contribution < -0.4 is 26.4 Å². The number of ether oxygens (including phenoxy) is 1. The fourth-order valence-corrected chi connectivity index (χ4v) is 4.96. The Labute approximate surface area is 215 Å². The molecule has 0 radical (unpaired) electrons. The van der Waals surface area contributed by atoms with Gasteiger partial charge in [0.25, 0.3) is 5.91 Å². The third-order valence-electron chi connectivity index (χ3n) is 4.88.